The standard InChI is InChI=1S/C26H29N3O4S/c1-16-6-9-21(10-7-16)29-34(32,33)22-11-8-18(3)23(14-22)26(31)27-15-24(30)28-25-19(4)12-17(2)13-20(25)5/h6-14,29H,15H2,1-5H3,(H,27,31)(H,28,30). The van der Waals surface area contributed by atoms with Gasteiger partial charge in [0.15, 0.2) is 0 Å². The molecule has 178 valence electrons. The Morgan fingerprint density at radius 3 is 2.00 bits per heavy atom. The summed E-state index contributed by atoms with van der Waals surface area (Å²) >= 11 is 0. The molecule has 0 saturated heterocycles. The quantitative estimate of drug-likeness (QED) is 0.467. The highest BCUT2D eigenvalue weighted by molar-refractivity contribution is 7.92. The van der Waals surface area contributed by atoms with Gasteiger partial charge < -0.3 is 10.6 Å². The molecular weight excluding hydrogens is 450 g/mol. The van der Waals surface area contributed by atoms with Crippen LogP contribution in [0.25, 0.3) is 0 Å². The van der Waals surface area contributed by atoms with Gasteiger partial charge in [-0.15, -0.1) is 0 Å². The molecule has 0 fully saturated rings. The maximum atomic E-state index is 12.8. The lowest BCUT2D eigenvalue weighted by atomic mass is 10.1. The third-order valence-corrected chi connectivity index (χ3v) is 6.80. The van der Waals surface area contributed by atoms with Crippen LogP contribution >= 0.6 is 0 Å². The van der Waals surface area contributed by atoms with Crippen molar-refractivity contribution in [3.63, 3.8) is 0 Å². The molecule has 0 aliphatic rings. The van der Waals surface area contributed by atoms with Crippen LogP contribution in [0.3, 0.4) is 0 Å². The molecule has 0 aromatic heterocycles. The molecule has 0 aliphatic carbocycles. The van der Waals surface area contributed by atoms with E-state index in [1.807, 2.05) is 39.8 Å². The van der Waals surface area contributed by atoms with Gasteiger partial charge in [-0.2, -0.15) is 0 Å². The van der Waals surface area contributed by atoms with Gasteiger partial charge in [-0.1, -0.05) is 41.5 Å². The van der Waals surface area contributed by atoms with Crippen molar-refractivity contribution in [1.82, 2.24) is 5.32 Å². The average molecular weight is 480 g/mol. The van der Waals surface area contributed by atoms with Crippen molar-refractivity contribution < 1.29 is 18.0 Å². The molecule has 0 atom stereocenters. The van der Waals surface area contributed by atoms with Crippen molar-refractivity contribution in [2.24, 2.45) is 0 Å². The number of benzene rings is 3. The fraction of sp³-hybridized carbons (Fsp3) is 0.231. The highest BCUT2D eigenvalue weighted by Gasteiger charge is 2.19. The van der Waals surface area contributed by atoms with E-state index < -0.39 is 15.9 Å². The zero-order valence-corrected chi connectivity index (χ0v) is 20.8. The second kappa shape index (κ2) is 10.1. The Hall–Kier alpha value is -3.65. The van der Waals surface area contributed by atoms with E-state index in [0.29, 0.717) is 11.3 Å². The molecule has 0 bridgehead atoms. The highest BCUT2D eigenvalue weighted by Crippen LogP contribution is 2.22. The first kappa shape index (κ1) is 25.0. The first-order valence-corrected chi connectivity index (χ1v) is 12.3. The summed E-state index contributed by atoms with van der Waals surface area (Å²) in [6.07, 6.45) is 0. The van der Waals surface area contributed by atoms with E-state index in [9.17, 15) is 18.0 Å². The summed E-state index contributed by atoms with van der Waals surface area (Å²) < 4.78 is 28.2. The molecule has 0 spiro atoms. The molecule has 3 aromatic rings. The normalized spacial score (nSPS) is 11.1. The molecule has 0 aliphatic heterocycles. The zero-order valence-electron chi connectivity index (χ0n) is 19.9. The van der Waals surface area contributed by atoms with Crippen LogP contribution in [0.15, 0.2) is 59.5 Å². The molecule has 3 N–H and O–H groups in total. The average Bonchev–Trinajstić information content (AvgIpc) is 2.76. The van der Waals surface area contributed by atoms with Crippen LogP contribution in [0.4, 0.5) is 11.4 Å². The summed E-state index contributed by atoms with van der Waals surface area (Å²) in [4.78, 5) is 25.2. The molecular formula is C26H29N3O4S. The van der Waals surface area contributed by atoms with Gasteiger partial charge in [0, 0.05) is 16.9 Å². The van der Waals surface area contributed by atoms with Gasteiger partial charge >= 0.3 is 0 Å². The van der Waals surface area contributed by atoms with Crippen LogP contribution < -0.4 is 15.4 Å². The van der Waals surface area contributed by atoms with Gasteiger partial charge in [0.1, 0.15) is 0 Å². The minimum absolute atomic E-state index is 0.0424. The fourth-order valence-corrected chi connectivity index (χ4v) is 4.75. The number of hydrogen-bond acceptors (Lipinski definition) is 4. The van der Waals surface area contributed by atoms with Crippen LogP contribution in [-0.2, 0) is 14.8 Å². The summed E-state index contributed by atoms with van der Waals surface area (Å²) in [5.41, 5.74) is 5.91. The Morgan fingerprint density at radius 2 is 1.38 bits per heavy atom. The summed E-state index contributed by atoms with van der Waals surface area (Å²) in [7, 11) is -3.89. The predicted molar refractivity (Wildman–Crippen MR) is 135 cm³/mol. The monoisotopic (exact) mass is 479 g/mol. The number of carbonyl (C=O) groups is 2. The van der Waals surface area contributed by atoms with Crippen molar-refractivity contribution in [2.75, 3.05) is 16.6 Å². The van der Waals surface area contributed by atoms with E-state index in [1.54, 1.807) is 37.3 Å². The van der Waals surface area contributed by atoms with Crippen LogP contribution in [-0.4, -0.2) is 26.8 Å². The van der Waals surface area contributed by atoms with Crippen LogP contribution in [0.5, 0.6) is 0 Å². The first-order valence-electron chi connectivity index (χ1n) is 10.8. The molecule has 7 nitrogen and oxygen atoms in total. The number of aryl methyl sites for hydroxylation is 5. The zero-order chi connectivity index (χ0) is 25.0. The third-order valence-electron chi connectivity index (χ3n) is 5.42. The van der Waals surface area contributed by atoms with E-state index in [2.05, 4.69) is 15.4 Å². The Balaban J connectivity index is 1.71. The van der Waals surface area contributed by atoms with E-state index >= 15 is 0 Å². The lowest BCUT2D eigenvalue weighted by Crippen LogP contribution is -2.33. The van der Waals surface area contributed by atoms with E-state index in [-0.39, 0.29) is 22.9 Å². The molecule has 3 aromatic carbocycles. The SMILES string of the molecule is Cc1ccc(NS(=O)(=O)c2ccc(C)c(C(=O)NCC(=O)Nc3c(C)cc(C)cc3C)c2)cc1. The number of hydrogen-bond donors (Lipinski definition) is 3. The van der Waals surface area contributed by atoms with Crippen molar-refractivity contribution in [1.29, 1.82) is 0 Å². The van der Waals surface area contributed by atoms with Crippen molar-refractivity contribution in [2.45, 2.75) is 39.5 Å². The Labute approximate surface area is 200 Å². The summed E-state index contributed by atoms with van der Waals surface area (Å²) in [6, 6.07) is 15.2. The minimum atomic E-state index is -3.89. The molecule has 2 amide bonds. The molecule has 3 rings (SSSR count). The van der Waals surface area contributed by atoms with Gasteiger partial charge in [-0.25, -0.2) is 8.42 Å². The Bertz CT molecular complexity index is 1320. The fourth-order valence-electron chi connectivity index (χ4n) is 3.67. The van der Waals surface area contributed by atoms with Gasteiger partial charge in [0.2, 0.25) is 5.91 Å². The molecule has 8 heteroatoms. The van der Waals surface area contributed by atoms with E-state index in [1.165, 1.54) is 12.1 Å². The number of sulfonamides is 1. The number of carbonyl (C=O) groups excluding carboxylic acids is 2. The lowest BCUT2D eigenvalue weighted by molar-refractivity contribution is -0.115. The summed E-state index contributed by atoms with van der Waals surface area (Å²) in [5.74, 6) is -0.900. The Morgan fingerprint density at radius 1 is 0.765 bits per heavy atom. The van der Waals surface area contributed by atoms with Gasteiger partial charge in [-0.3, -0.25) is 14.3 Å². The first-order chi connectivity index (χ1) is 16.0. The molecule has 0 saturated carbocycles. The van der Waals surface area contributed by atoms with Gasteiger partial charge in [-0.05, 0) is 75.6 Å². The minimum Gasteiger partial charge on any atom is -0.343 e. The topological polar surface area (TPSA) is 104 Å². The van der Waals surface area contributed by atoms with Gasteiger partial charge in [0.25, 0.3) is 15.9 Å². The van der Waals surface area contributed by atoms with Crippen LogP contribution in [0.1, 0.15) is 38.2 Å². The number of rotatable bonds is 7. The van der Waals surface area contributed by atoms with Crippen molar-refractivity contribution in [3.05, 3.63) is 88.0 Å². The second-order valence-electron chi connectivity index (χ2n) is 8.45. The highest BCUT2D eigenvalue weighted by atomic mass is 32.2. The summed E-state index contributed by atoms with van der Waals surface area (Å²) in [5, 5.41) is 5.41. The predicted octanol–water partition coefficient (Wildman–Crippen LogP) is 4.40. The maximum absolute atomic E-state index is 12.8. The summed E-state index contributed by atoms with van der Waals surface area (Å²) in [6.45, 7) is 9.18. The number of nitrogens with one attached hydrogen (secondary N) is 3. The maximum Gasteiger partial charge on any atom is 0.261 e. The second-order valence-corrected chi connectivity index (χ2v) is 10.1. The van der Waals surface area contributed by atoms with E-state index in [4.69, 9.17) is 0 Å². The van der Waals surface area contributed by atoms with Crippen molar-refractivity contribution >= 4 is 33.2 Å². The third kappa shape index (κ3) is 6.02. The van der Waals surface area contributed by atoms with Gasteiger partial charge in [0.05, 0.1) is 11.4 Å². The van der Waals surface area contributed by atoms with Crippen molar-refractivity contribution in [3.8, 4) is 0 Å². The largest absolute Gasteiger partial charge is 0.343 e. The number of anilines is 2. The lowest BCUT2D eigenvalue weighted by Gasteiger charge is -2.14. The molecule has 0 unspecified atom stereocenters. The van der Waals surface area contributed by atoms with Crippen LogP contribution in [0, 0.1) is 34.6 Å². The number of amides is 2. The van der Waals surface area contributed by atoms with E-state index in [0.717, 1.165) is 27.9 Å². The molecule has 0 radical (unpaired) electrons. The smallest absolute Gasteiger partial charge is 0.261 e. The van der Waals surface area contributed by atoms with Crippen LogP contribution in [0.2, 0.25) is 0 Å². The molecule has 0 heterocycles. The molecule has 34 heavy (non-hydrogen) atoms. The Kier molecular flexibility index (Phi) is 7.41.